The fourth-order valence-corrected chi connectivity index (χ4v) is 6.05. The van der Waals surface area contributed by atoms with Crippen LogP contribution in [0.1, 0.15) is 69.4 Å². The molecule has 232 valence electrons. The van der Waals surface area contributed by atoms with Gasteiger partial charge in [-0.05, 0) is 77.6 Å². The van der Waals surface area contributed by atoms with E-state index >= 15 is 4.39 Å². The van der Waals surface area contributed by atoms with Crippen LogP contribution in [0.15, 0.2) is 24.3 Å². The molecule has 13 heteroatoms. The Morgan fingerprint density at radius 1 is 1.14 bits per heavy atom. The number of imide groups is 1. The summed E-state index contributed by atoms with van der Waals surface area (Å²) in [4.78, 5) is 45.2. The van der Waals surface area contributed by atoms with Crippen molar-refractivity contribution in [2.45, 2.75) is 77.8 Å². The summed E-state index contributed by atoms with van der Waals surface area (Å²) in [5.41, 5.74) is -0.939. The molecular formula is C31H34FN5O6S. The van der Waals surface area contributed by atoms with E-state index in [2.05, 4.69) is 21.7 Å². The number of carbonyl (C=O) groups excluding carboxylic acids is 3. The van der Waals surface area contributed by atoms with Crippen LogP contribution in [0, 0.1) is 17.1 Å². The van der Waals surface area contributed by atoms with E-state index in [1.54, 1.807) is 65.8 Å². The number of benzene rings is 1. The zero-order valence-electron chi connectivity index (χ0n) is 25.4. The van der Waals surface area contributed by atoms with Crippen LogP contribution in [-0.2, 0) is 20.8 Å². The van der Waals surface area contributed by atoms with Crippen LogP contribution >= 0.6 is 11.3 Å². The number of halogens is 1. The van der Waals surface area contributed by atoms with Gasteiger partial charge in [0.1, 0.15) is 11.2 Å². The number of fused-ring (bicyclic) bond motifs is 2. The van der Waals surface area contributed by atoms with Crippen molar-refractivity contribution < 1.29 is 33.0 Å². The SMILES string of the molecule is CC(C)(C)OC(=O)N[C@H]1COCC[C@H]1Nc1nc(-c2cc3cc(C#N)ccc3s2)c2c(c1F)CN(C(=O)OC(C)(C)C)C2=O. The summed E-state index contributed by atoms with van der Waals surface area (Å²) in [7, 11) is 0. The average Bonchev–Trinajstić information content (AvgIpc) is 3.50. The van der Waals surface area contributed by atoms with Crippen molar-refractivity contribution in [1.29, 1.82) is 5.26 Å². The lowest BCUT2D eigenvalue weighted by Gasteiger charge is -2.33. The Bertz CT molecular complexity index is 1690. The zero-order chi connectivity index (χ0) is 32.0. The van der Waals surface area contributed by atoms with Crippen LogP contribution in [-0.4, -0.2) is 64.5 Å². The van der Waals surface area contributed by atoms with Gasteiger partial charge in [-0.3, -0.25) is 4.79 Å². The largest absolute Gasteiger partial charge is 0.444 e. The highest BCUT2D eigenvalue weighted by molar-refractivity contribution is 7.22. The molecule has 1 fully saturated rings. The molecule has 0 radical (unpaired) electrons. The summed E-state index contributed by atoms with van der Waals surface area (Å²) < 4.78 is 33.5. The maximum absolute atomic E-state index is 16.3. The summed E-state index contributed by atoms with van der Waals surface area (Å²) in [6, 6.07) is 8.07. The van der Waals surface area contributed by atoms with Crippen LogP contribution in [0.2, 0.25) is 0 Å². The highest BCUT2D eigenvalue weighted by Gasteiger charge is 2.41. The van der Waals surface area contributed by atoms with Gasteiger partial charge < -0.3 is 24.8 Å². The number of nitrogens with one attached hydrogen (secondary N) is 2. The minimum absolute atomic E-state index is 0.00670. The molecule has 3 aromatic rings. The molecule has 3 amide bonds. The maximum atomic E-state index is 16.3. The smallest absolute Gasteiger partial charge is 0.417 e. The minimum atomic E-state index is -0.889. The number of thiophene rings is 1. The van der Waals surface area contributed by atoms with Gasteiger partial charge in [0.2, 0.25) is 0 Å². The van der Waals surface area contributed by atoms with Crippen LogP contribution in [0.25, 0.3) is 20.7 Å². The van der Waals surface area contributed by atoms with Gasteiger partial charge in [-0.15, -0.1) is 11.3 Å². The highest BCUT2D eigenvalue weighted by Crippen LogP contribution is 2.41. The second-order valence-corrected chi connectivity index (χ2v) is 13.8. The number of alkyl carbamates (subject to hydrolysis) is 1. The molecule has 0 saturated carbocycles. The van der Waals surface area contributed by atoms with Crippen molar-refractivity contribution in [3.8, 4) is 16.6 Å². The van der Waals surface area contributed by atoms with E-state index in [1.807, 2.05) is 0 Å². The van der Waals surface area contributed by atoms with Crippen LogP contribution in [0.4, 0.5) is 19.8 Å². The molecule has 1 saturated heterocycles. The summed E-state index contributed by atoms with van der Waals surface area (Å²) in [6.07, 6.45) is -1.10. The number of carbonyl (C=O) groups is 3. The molecule has 2 aliphatic heterocycles. The van der Waals surface area contributed by atoms with Crippen molar-refractivity contribution in [1.82, 2.24) is 15.2 Å². The zero-order valence-corrected chi connectivity index (χ0v) is 26.2. The normalized spacial score (nSPS) is 18.5. The molecule has 2 N–H and O–H groups in total. The van der Waals surface area contributed by atoms with E-state index in [0.717, 1.165) is 15.0 Å². The second-order valence-electron chi connectivity index (χ2n) is 12.7. The number of rotatable bonds is 4. The molecule has 4 heterocycles. The minimum Gasteiger partial charge on any atom is -0.444 e. The summed E-state index contributed by atoms with van der Waals surface area (Å²) in [6.45, 7) is 10.5. The number of nitrogens with zero attached hydrogens (tertiary/aromatic N) is 3. The third kappa shape index (κ3) is 6.61. The highest BCUT2D eigenvalue weighted by atomic mass is 32.1. The standard InChI is InChI=1S/C31H34FN5O6S/c1-30(2,3)42-28(39)35-20-15-41-10-9-19(20)34-26-24(32)18-14-37(29(40)43-31(4,5)6)27(38)23(18)25(36-26)22-12-17-11-16(13-33)7-8-21(17)44-22/h7-8,11-12,19-20H,9-10,14-15H2,1-6H3,(H,34,36)(H,35,39)/t19-,20+/m1/s1. The lowest BCUT2D eigenvalue weighted by Crippen LogP contribution is -2.53. The quantitative estimate of drug-likeness (QED) is 0.360. The van der Waals surface area contributed by atoms with E-state index in [9.17, 15) is 19.6 Å². The Balaban J connectivity index is 1.55. The number of amides is 3. The first kappa shape index (κ1) is 31.2. The van der Waals surface area contributed by atoms with E-state index in [-0.39, 0.29) is 35.8 Å². The predicted molar refractivity (Wildman–Crippen MR) is 162 cm³/mol. The lowest BCUT2D eigenvalue weighted by atomic mass is 10.0. The maximum Gasteiger partial charge on any atom is 0.417 e. The fourth-order valence-electron chi connectivity index (χ4n) is 5.01. The number of hydrogen-bond donors (Lipinski definition) is 2. The summed E-state index contributed by atoms with van der Waals surface area (Å²) >= 11 is 1.33. The molecule has 2 atom stereocenters. The monoisotopic (exact) mass is 623 g/mol. The van der Waals surface area contributed by atoms with Crippen molar-refractivity contribution >= 4 is 45.3 Å². The third-order valence-electron chi connectivity index (χ3n) is 6.88. The fraction of sp³-hybridized carbons (Fsp3) is 0.452. The van der Waals surface area contributed by atoms with Gasteiger partial charge in [0.25, 0.3) is 5.91 Å². The molecule has 2 aliphatic rings. The molecule has 1 aromatic carbocycles. The molecule has 44 heavy (non-hydrogen) atoms. The molecule has 0 spiro atoms. The summed E-state index contributed by atoms with van der Waals surface area (Å²) in [5.74, 6) is -1.62. The Kier molecular flexibility index (Phi) is 8.26. The van der Waals surface area contributed by atoms with E-state index in [4.69, 9.17) is 14.2 Å². The first-order chi connectivity index (χ1) is 20.6. The molecule has 11 nitrogen and oxygen atoms in total. The van der Waals surface area contributed by atoms with E-state index in [0.29, 0.717) is 23.5 Å². The van der Waals surface area contributed by atoms with Crippen molar-refractivity contribution in [3.63, 3.8) is 0 Å². The van der Waals surface area contributed by atoms with Gasteiger partial charge in [-0.2, -0.15) is 5.26 Å². The van der Waals surface area contributed by atoms with Crippen molar-refractivity contribution in [2.24, 2.45) is 0 Å². The number of ether oxygens (including phenoxy) is 3. The number of anilines is 1. The first-order valence-corrected chi connectivity index (χ1v) is 15.0. The van der Waals surface area contributed by atoms with E-state index < -0.39 is 47.2 Å². The Morgan fingerprint density at radius 2 is 1.86 bits per heavy atom. The second kappa shape index (κ2) is 11.7. The summed E-state index contributed by atoms with van der Waals surface area (Å²) in [5, 5.41) is 16.0. The number of aromatic nitrogens is 1. The predicted octanol–water partition coefficient (Wildman–Crippen LogP) is 5.96. The number of nitriles is 1. The van der Waals surface area contributed by atoms with Crippen molar-refractivity contribution in [3.05, 3.63) is 46.8 Å². The van der Waals surface area contributed by atoms with Crippen LogP contribution in [0.3, 0.4) is 0 Å². The average molecular weight is 624 g/mol. The molecular weight excluding hydrogens is 589 g/mol. The lowest BCUT2D eigenvalue weighted by molar-refractivity contribution is 0.0246. The molecule has 2 aromatic heterocycles. The molecule has 0 unspecified atom stereocenters. The topological polar surface area (TPSA) is 143 Å². The van der Waals surface area contributed by atoms with Crippen LogP contribution < -0.4 is 10.6 Å². The molecule has 0 bridgehead atoms. The first-order valence-electron chi connectivity index (χ1n) is 14.2. The van der Waals surface area contributed by atoms with Crippen molar-refractivity contribution in [2.75, 3.05) is 18.5 Å². The number of pyridine rings is 1. The van der Waals surface area contributed by atoms with Gasteiger partial charge in [0, 0.05) is 16.9 Å². The van der Waals surface area contributed by atoms with E-state index in [1.165, 1.54) is 11.3 Å². The van der Waals surface area contributed by atoms with Crippen LogP contribution in [0.5, 0.6) is 0 Å². The van der Waals surface area contributed by atoms with Gasteiger partial charge in [0.05, 0.1) is 53.0 Å². The molecule has 0 aliphatic carbocycles. The van der Waals surface area contributed by atoms with Gasteiger partial charge in [-0.25, -0.2) is 23.9 Å². The van der Waals surface area contributed by atoms with Gasteiger partial charge in [-0.1, -0.05) is 0 Å². The van der Waals surface area contributed by atoms with Gasteiger partial charge >= 0.3 is 12.2 Å². The molecule has 5 rings (SSSR count). The number of hydrogen-bond acceptors (Lipinski definition) is 10. The Labute approximate surface area is 258 Å². The third-order valence-corrected chi connectivity index (χ3v) is 8.01. The Morgan fingerprint density at radius 3 is 2.55 bits per heavy atom. The van der Waals surface area contributed by atoms with Gasteiger partial charge in [0.15, 0.2) is 11.6 Å². The Hall–Kier alpha value is -4.28.